The molecule has 7 heteroatoms. The molecule has 0 radical (unpaired) electrons. The molecule has 0 aromatic carbocycles. The van der Waals surface area contributed by atoms with Gasteiger partial charge in [0.25, 0.3) is 5.91 Å². The maximum absolute atomic E-state index is 11.9. The van der Waals surface area contributed by atoms with Gasteiger partial charge < -0.3 is 15.4 Å². The van der Waals surface area contributed by atoms with Crippen LogP contribution in [0.4, 0.5) is 0 Å². The SMILES string of the molecule is CCCCOc1ncccc1CNC(=O)CNC(=O)c1ccc(C)s1. The lowest BCUT2D eigenvalue weighted by atomic mass is 10.2. The van der Waals surface area contributed by atoms with E-state index in [0.29, 0.717) is 23.9 Å². The number of ether oxygens (including phenoxy) is 1. The molecule has 134 valence electrons. The zero-order chi connectivity index (χ0) is 18.1. The van der Waals surface area contributed by atoms with Gasteiger partial charge >= 0.3 is 0 Å². The number of aryl methyl sites for hydroxylation is 1. The molecule has 0 spiro atoms. The van der Waals surface area contributed by atoms with Crippen molar-refractivity contribution in [2.75, 3.05) is 13.2 Å². The number of thiophene rings is 1. The van der Waals surface area contributed by atoms with Crippen LogP contribution < -0.4 is 15.4 Å². The number of carbonyl (C=O) groups is 2. The first-order valence-electron chi connectivity index (χ1n) is 8.28. The molecule has 0 unspecified atom stereocenters. The van der Waals surface area contributed by atoms with Crippen molar-refractivity contribution in [3.05, 3.63) is 45.8 Å². The van der Waals surface area contributed by atoms with Gasteiger partial charge in [0.05, 0.1) is 18.0 Å². The number of hydrogen-bond donors (Lipinski definition) is 2. The summed E-state index contributed by atoms with van der Waals surface area (Å²) in [6, 6.07) is 7.29. The second-order valence-electron chi connectivity index (χ2n) is 5.54. The Morgan fingerprint density at radius 2 is 2.08 bits per heavy atom. The van der Waals surface area contributed by atoms with Crippen LogP contribution in [0, 0.1) is 6.92 Å². The molecule has 2 rings (SSSR count). The summed E-state index contributed by atoms with van der Waals surface area (Å²) < 4.78 is 5.64. The van der Waals surface area contributed by atoms with Gasteiger partial charge in [-0.1, -0.05) is 19.4 Å². The van der Waals surface area contributed by atoms with Crippen LogP contribution in [0.1, 0.15) is 39.9 Å². The van der Waals surface area contributed by atoms with Crippen LogP contribution in [0.5, 0.6) is 5.88 Å². The number of nitrogens with one attached hydrogen (secondary N) is 2. The van der Waals surface area contributed by atoms with E-state index in [9.17, 15) is 9.59 Å². The van der Waals surface area contributed by atoms with Gasteiger partial charge in [-0.2, -0.15) is 0 Å². The molecule has 25 heavy (non-hydrogen) atoms. The molecule has 0 fully saturated rings. The fourth-order valence-electron chi connectivity index (χ4n) is 2.06. The third kappa shape index (κ3) is 6.19. The standard InChI is InChI=1S/C18H23N3O3S/c1-3-4-10-24-18-14(6-5-9-19-18)11-20-16(22)12-21-17(23)15-8-7-13(2)25-15/h5-9H,3-4,10-12H2,1-2H3,(H,20,22)(H,21,23). The van der Waals surface area contributed by atoms with Gasteiger partial charge in [0.2, 0.25) is 11.8 Å². The number of pyridine rings is 1. The van der Waals surface area contributed by atoms with E-state index in [1.165, 1.54) is 11.3 Å². The predicted octanol–water partition coefficient (Wildman–Crippen LogP) is 2.68. The van der Waals surface area contributed by atoms with E-state index in [1.54, 1.807) is 18.3 Å². The van der Waals surface area contributed by atoms with Crippen molar-refractivity contribution in [1.82, 2.24) is 15.6 Å². The lowest BCUT2D eigenvalue weighted by Crippen LogP contribution is -2.36. The Morgan fingerprint density at radius 3 is 2.80 bits per heavy atom. The van der Waals surface area contributed by atoms with Gasteiger partial charge in [0, 0.05) is 23.2 Å². The number of rotatable bonds is 9. The van der Waals surface area contributed by atoms with Gasteiger partial charge in [-0.05, 0) is 31.5 Å². The van der Waals surface area contributed by atoms with Crippen molar-refractivity contribution in [1.29, 1.82) is 0 Å². The summed E-state index contributed by atoms with van der Waals surface area (Å²) in [6.45, 7) is 4.87. The number of hydrogen-bond acceptors (Lipinski definition) is 5. The summed E-state index contributed by atoms with van der Waals surface area (Å²) in [5.41, 5.74) is 0.812. The smallest absolute Gasteiger partial charge is 0.261 e. The number of nitrogens with zero attached hydrogens (tertiary/aromatic N) is 1. The molecule has 2 N–H and O–H groups in total. The Hall–Kier alpha value is -2.41. The van der Waals surface area contributed by atoms with Crippen molar-refractivity contribution in [2.45, 2.75) is 33.2 Å². The average Bonchev–Trinajstić information content (AvgIpc) is 3.05. The van der Waals surface area contributed by atoms with E-state index in [0.717, 1.165) is 23.3 Å². The van der Waals surface area contributed by atoms with Gasteiger partial charge in [0.15, 0.2) is 0 Å². The van der Waals surface area contributed by atoms with Crippen LogP contribution in [-0.2, 0) is 11.3 Å². The summed E-state index contributed by atoms with van der Waals surface area (Å²) in [7, 11) is 0. The van der Waals surface area contributed by atoms with Gasteiger partial charge in [-0.3, -0.25) is 9.59 Å². The van der Waals surface area contributed by atoms with Crippen molar-refractivity contribution in [3.63, 3.8) is 0 Å². The minimum Gasteiger partial charge on any atom is -0.477 e. The quantitative estimate of drug-likeness (QED) is 0.673. The maximum Gasteiger partial charge on any atom is 0.261 e. The Balaban J connectivity index is 1.79. The van der Waals surface area contributed by atoms with Gasteiger partial charge in [-0.15, -0.1) is 11.3 Å². The first-order valence-corrected chi connectivity index (χ1v) is 9.09. The Labute approximate surface area is 151 Å². The van der Waals surface area contributed by atoms with Crippen molar-refractivity contribution >= 4 is 23.2 Å². The number of aromatic nitrogens is 1. The Morgan fingerprint density at radius 1 is 1.24 bits per heavy atom. The lowest BCUT2D eigenvalue weighted by Gasteiger charge is -2.11. The number of amides is 2. The minimum atomic E-state index is -0.259. The first kappa shape index (κ1) is 18.9. The van der Waals surface area contributed by atoms with Crippen LogP contribution in [-0.4, -0.2) is 29.9 Å². The highest BCUT2D eigenvalue weighted by Gasteiger charge is 2.11. The first-order chi connectivity index (χ1) is 12.1. The van der Waals surface area contributed by atoms with Crippen molar-refractivity contribution < 1.29 is 14.3 Å². The van der Waals surface area contributed by atoms with E-state index < -0.39 is 0 Å². The molecule has 0 saturated carbocycles. The van der Waals surface area contributed by atoms with Crippen LogP contribution in [0.25, 0.3) is 0 Å². The zero-order valence-corrected chi connectivity index (χ0v) is 15.3. The summed E-state index contributed by atoms with van der Waals surface area (Å²) in [5, 5.41) is 5.39. The molecule has 2 heterocycles. The molecule has 0 atom stereocenters. The molecule has 0 aliphatic rings. The monoisotopic (exact) mass is 361 g/mol. The molecular weight excluding hydrogens is 338 g/mol. The molecule has 6 nitrogen and oxygen atoms in total. The number of unbranched alkanes of at least 4 members (excludes halogenated alkanes) is 1. The van der Waals surface area contributed by atoms with Gasteiger partial charge in [0.1, 0.15) is 0 Å². The Bertz CT molecular complexity index is 715. The van der Waals surface area contributed by atoms with Crippen LogP contribution in [0.15, 0.2) is 30.5 Å². The van der Waals surface area contributed by atoms with E-state index in [2.05, 4.69) is 22.5 Å². The highest BCUT2D eigenvalue weighted by atomic mass is 32.1. The fourth-order valence-corrected chi connectivity index (χ4v) is 2.85. The molecule has 0 saturated heterocycles. The van der Waals surface area contributed by atoms with Crippen LogP contribution in [0.2, 0.25) is 0 Å². The third-order valence-electron chi connectivity index (χ3n) is 3.44. The molecule has 0 aliphatic heterocycles. The average molecular weight is 361 g/mol. The largest absolute Gasteiger partial charge is 0.477 e. The second-order valence-corrected chi connectivity index (χ2v) is 6.83. The fraction of sp³-hybridized carbons (Fsp3) is 0.389. The molecule has 0 aliphatic carbocycles. The highest BCUT2D eigenvalue weighted by molar-refractivity contribution is 7.13. The van der Waals surface area contributed by atoms with E-state index >= 15 is 0 Å². The summed E-state index contributed by atoms with van der Waals surface area (Å²) >= 11 is 1.40. The molecule has 2 aromatic rings. The molecule has 2 aromatic heterocycles. The maximum atomic E-state index is 11.9. The highest BCUT2D eigenvalue weighted by Crippen LogP contribution is 2.15. The third-order valence-corrected chi connectivity index (χ3v) is 4.44. The van der Waals surface area contributed by atoms with E-state index in [4.69, 9.17) is 4.74 Å². The normalized spacial score (nSPS) is 10.3. The topological polar surface area (TPSA) is 80.3 Å². The van der Waals surface area contributed by atoms with E-state index in [1.807, 2.05) is 19.1 Å². The van der Waals surface area contributed by atoms with Gasteiger partial charge in [-0.25, -0.2) is 4.98 Å². The second kappa shape index (κ2) is 9.78. The predicted molar refractivity (Wildman–Crippen MR) is 97.9 cm³/mol. The molecular formula is C18H23N3O3S. The van der Waals surface area contributed by atoms with Crippen molar-refractivity contribution in [2.24, 2.45) is 0 Å². The summed E-state index contributed by atoms with van der Waals surface area (Å²) in [6.07, 6.45) is 3.66. The minimum absolute atomic E-state index is 0.0674. The van der Waals surface area contributed by atoms with Crippen molar-refractivity contribution in [3.8, 4) is 5.88 Å². The lowest BCUT2D eigenvalue weighted by molar-refractivity contribution is -0.120. The molecule has 0 bridgehead atoms. The van der Waals surface area contributed by atoms with Crippen LogP contribution >= 0.6 is 11.3 Å². The van der Waals surface area contributed by atoms with E-state index in [-0.39, 0.29) is 18.4 Å². The zero-order valence-electron chi connectivity index (χ0n) is 14.5. The number of carbonyl (C=O) groups excluding carboxylic acids is 2. The summed E-state index contributed by atoms with van der Waals surface area (Å²) in [4.78, 5) is 29.7. The molecule has 2 amide bonds. The summed E-state index contributed by atoms with van der Waals surface area (Å²) in [5.74, 6) is 0.0394. The Kier molecular flexibility index (Phi) is 7.40. The van der Waals surface area contributed by atoms with Crippen LogP contribution in [0.3, 0.4) is 0 Å².